The summed E-state index contributed by atoms with van der Waals surface area (Å²) in [6.45, 7) is 5.87. The van der Waals surface area contributed by atoms with Crippen LogP contribution < -0.4 is 5.73 Å². The lowest BCUT2D eigenvalue weighted by Crippen LogP contribution is -2.31. The number of aromatic nitrogens is 2. The molecule has 1 aliphatic heterocycles. The fourth-order valence-electron chi connectivity index (χ4n) is 2.92. The molecular formula is C16H22ClFN4. The zero-order chi connectivity index (χ0) is 14.9. The van der Waals surface area contributed by atoms with Gasteiger partial charge in [0.15, 0.2) is 0 Å². The summed E-state index contributed by atoms with van der Waals surface area (Å²) in [4.78, 5) is 2.41. The minimum Gasteiger partial charge on any atom is -0.330 e. The third kappa shape index (κ3) is 3.48. The predicted molar refractivity (Wildman–Crippen MR) is 87.8 cm³/mol. The van der Waals surface area contributed by atoms with Crippen LogP contribution in [0, 0.1) is 11.2 Å². The molecule has 2 N–H and O–H groups in total. The average molecular weight is 325 g/mol. The van der Waals surface area contributed by atoms with E-state index in [1.165, 1.54) is 12.1 Å². The average Bonchev–Trinajstić information content (AvgIpc) is 3.08. The molecule has 1 saturated heterocycles. The van der Waals surface area contributed by atoms with Crippen LogP contribution in [0.15, 0.2) is 36.5 Å². The van der Waals surface area contributed by atoms with E-state index < -0.39 is 0 Å². The topological polar surface area (TPSA) is 47.1 Å². The van der Waals surface area contributed by atoms with Crippen molar-refractivity contribution in [2.75, 3.05) is 19.6 Å². The summed E-state index contributed by atoms with van der Waals surface area (Å²) in [6.07, 6.45) is 2.92. The van der Waals surface area contributed by atoms with Gasteiger partial charge in [-0.3, -0.25) is 4.90 Å². The fraction of sp³-hybridized carbons (Fsp3) is 0.438. The molecule has 1 fully saturated rings. The first kappa shape index (κ1) is 16.9. The van der Waals surface area contributed by atoms with Crippen LogP contribution in [-0.2, 0) is 6.54 Å². The third-order valence-electron chi connectivity index (χ3n) is 4.31. The van der Waals surface area contributed by atoms with Crippen molar-refractivity contribution >= 4 is 12.4 Å². The van der Waals surface area contributed by atoms with Gasteiger partial charge in [0.05, 0.1) is 11.4 Å². The molecule has 4 nitrogen and oxygen atoms in total. The normalized spacial score (nSPS) is 21.8. The molecule has 2 aromatic rings. The van der Waals surface area contributed by atoms with Crippen molar-refractivity contribution in [3.05, 3.63) is 48.0 Å². The first-order valence-corrected chi connectivity index (χ1v) is 7.31. The van der Waals surface area contributed by atoms with Crippen LogP contribution in [0.5, 0.6) is 0 Å². The van der Waals surface area contributed by atoms with E-state index in [0.717, 1.165) is 44.0 Å². The van der Waals surface area contributed by atoms with Crippen LogP contribution in [-0.4, -0.2) is 34.3 Å². The molecule has 120 valence electrons. The Labute approximate surface area is 136 Å². The van der Waals surface area contributed by atoms with E-state index in [0.29, 0.717) is 0 Å². The summed E-state index contributed by atoms with van der Waals surface area (Å²) in [6, 6.07) is 8.44. The molecule has 6 heteroatoms. The number of rotatable bonds is 4. The first-order valence-electron chi connectivity index (χ1n) is 7.31. The van der Waals surface area contributed by atoms with Gasteiger partial charge in [-0.25, -0.2) is 9.07 Å². The van der Waals surface area contributed by atoms with Gasteiger partial charge < -0.3 is 5.73 Å². The fourth-order valence-corrected chi connectivity index (χ4v) is 2.92. The summed E-state index contributed by atoms with van der Waals surface area (Å²) in [7, 11) is 0. The molecule has 1 aliphatic rings. The van der Waals surface area contributed by atoms with Gasteiger partial charge in [0.1, 0.15) is 5.82 Å². The van der Waals surface area contributed by atoms with E-state index >= 15 is 0 Å². The Morgan fingerprint density at radius 2 is 2.00 bits per heavy atom. The highest BCUT2D eigenvalue weighted by atomic mass is 35.5. The molecule has 22 heavy (non-hydrogen) atoms. The van der Waals surface area contributed by atoms with Crippen LogP contribution >= 0.6 is 12.4 Å². The summed E-state index contributed by atoms with van der Waals surface area (Å²) in [5.41, 5.74) is 8.08. The van der Waals surface area contributed by atoms with E-state index in [4.69, 9.17) is 5.73 Å². The standard InChI is InChI=1S/C16H21FN4.ClH/c1-16(11-18)7-9-20(12-16)10-15-6-8-19-21(15)14-4-2-13(17)3-5-14;/h2-6,8H,7,9-12,18H2,1H3;1H. The number of likely N-dealkylation sites (tertiary alicyclic amines) is 1. The lowest BCUT2D eigenvalue weighted by molar-refractivity contribution is 0.270. The Kier molecular flexibility index (Phi) is 5.21. The number of nitrogens with zero attached hydrogens (tertiary/aromatic N) is 3. The van der Waals surface area contributed by atoms with Crippen molar-refractivity contribution in [1.29, 1.82) is 0 Å². The summed E-state index contributed by atoms with van der Waals surface area (Å²) < 4.78 is 14.9. The minimum atomic E-state index is -0.231. The monoisotopic (exact) mass is 324 g/mol. The van der Waals surface area contributed by atoms with Crippen molar-refractivity contribution < 1.29 is 4.39 Å². The summed E-state index contributed by atoms with van der Waals surface area (Å²) in [5.74, 6) is -0.231. The second-order valence-corrected chi connectivity index (χ2v) is 6.19. The summed E-state index contributed by atoms with van der Waals surface area (Å²) >= 11 is 0. The second-order valence-electron chi connectivity index (χ2n) is 6.19. The molecule has 1 unspecified atom stereocenters. The quantitative estimate of drug-likeness (QED) is 0.940. The van der Waals surface area contributed by atoms with Crippen LogP contribution in [0.3, 0.4) is 0 Å². The van der Waals surface area contributed by atoms with Crippen molar-refractivity contribution in [3.63, 3.8) is 0 Å². The number of halogens is 2. The predicted octanol–water partition coefficient (Wildman–Crippen LogP) is 2.60. The maximum absolute atomic E-state index is 13.0. The Morgan fingerprint density at radius 1 is 1.27 bits per heavy atom. The van der Waals surface area contributed by atoms with E-state index in [1.807, 2.05) is 10.7 Å². The summed E-state index contributed by atoms with van der Waals surface area (Å²) in [5, 5.41) is 4.36. The zero-order valence-corrected chi connectivity index (χ0v) is 13.5. The van der Waals surface area contributed by atoms with Crippen LogP contribution in [0.2, 0.25) is 0 Å². The molecule has 3 rings (SSSR count). The maximum Gasteiger partial charge on any atom is 0.123 e. The Morgan fingerprint density at radius 3 is 2.64 bits per heavy atom. The Balaban J connectivity index is 0.00000176. The molecular weight excluding hydrogens is 303 g/mol. The van der Waals surface area contributed by atoms with Crippen molar-refractivity contribution in [3.8, 4) is 5.69 Å². The largest absolute Gasteiger partial charge is 0.330 e. The van der Waals surface area contributed by atoms with E-state index in [9.17, 15) is 4.39 Å². The van der Waals surface area contributed by atoms with Gasteiger partial charge >= 0.3 is 0 Å². The molecule has 0 aliphatic carbocycles. The highest BCUT2D eigenvalue weighted by molar-refractivity contribution is 5.85. The smallest absolute Gasteiger partial charge is 0.123 e. The number of hydrogen-bond donors (Lipinski definition) is 1. The Bertz CT molecular complexity index is 613. The van der Waals surface area contributed by atoms with Crippen molar-refractivity contribution in [1.82, 2.24) is 14.7 Å². The van der Waals surface area contributed by atoms with Gasteiger partial charge in [-0.1, -0.05) is 6.92 Å². The maximum atomic E-state index is 13.0. The molecule has 1 atom stereocenters. The second kappa shape index (κ2) is 6.77. The van der Waals surface area contributed by atoms with Crippen LogP contribution in [0.1, 0.15) is 19.0 Å². The van der Waals surface area contributed by atoms with E-state index in [-0.39, 0.29) is 23.6 Å². The molecule has 0 saturated carbocycles. The van der Waals surface area contributed by atoms with Crippen molar-refractivity contribution in [2.24, 2.45) is 11.1 Å². The van der Waals surface area contributed by atoms with Crippen LogP contribution in [0.25, 0.3) is 5.69 Å². The number of benzene rings is 1. The molecule has 1 aromatic heterocycles. The van der Waals surface area contributed by atoms with Gasteiger partial charge in [0.25, 0.3) is 0 Å². The van der Waals surface area contributed by atoms with E-state index in [1.54, 1.807) is 18.3 Å². The first-order chi connectivity index (χ1) is 10.1. The molecule has 0 bridgehead atoms. The van der Waals surface area contributed by atoms with E-state index in [2.05, 4.69) is 16.9 Å². The molecule has 2 heterocycles. The van der Waals surface area contributed by atoms with Gasteiger partial charge in [0, 0.05) is 19.3 Å². The highest BCUT2D eigenvalue weighted by Crippen LogP contribution is 2.29. The zero-order valence-electron chi connectivity index (χ0n) is 12.7. The lowest BCUT2D eigenvalue weighted by Gasteiger charge is -2.22. The van der Waals surface area contributed by atoms with Gasteiger partial charge in [-0.2, -0.15) is 5.10 Å². The Hall–Kier alpha value is -1.43. The van der Waals surface area contributed by atoms with Crippen LogP contribution in [0.4, 0.5) is 4.39 Å². The molecule has 0 spiro atoms. The number of hydrogen-bond acceptors (Lipinski definition) is 3. The SMILES string of the molecule is CC1(CN)CCN(Cc2ccnn2-c2ccc(F)cc2)C1.Cl. The minimum absolute atomic E-state index is 0. The lowest BCUT2D eigenvalue weighted by atomic mass is 9.90. The van der Waals surface area contributed by atoms with Gasteiger partial charge in [-0.05, 0) is 55.3 Å². The van der Waals surface area contributed by atoms with Crippen molar-refractivity contribution in [2.45, 2.75) is 19.9 Å². The number of nitrogens with two attached hydrogens (primary N) is 1. The van der Waals surface area contributed by atoms with Gasteiger partial charge in [0.2, 0.25) is 0 Å². The molecule has 1 aromatic carbocycles. The molecule has 0 radical (unpaired) electrons. The highest BCUT2D eigenvalue weighted by Gasteiger charge is 2.32. The third-order valence-corrected chi connectivity index (χ3v) is 4.31. The van der Waals surface area contributed by atoms with Gasteiger partial charge in [-0.15, -0.1) is 12.4 Å². The molecule has 0 amide bonds.